The Morgan fingerprint density at radius 2 is 2.20 bits per heavy atom. The van der Waals surface area contributed by atoms with E-state index in [2.05, 4.69) is 5.32 Å². The van der Waals surface area contributed by atoms with Crippen molar-refractivity contribution < 1.29 is 18.7 Å². The first-order valence-corrected chi connectivity index (χ1v) is 6.20. The highest BCUT2D eigenvalue weighted by Crippen LogP contribution is 2.15. The molecule has 20 heavy (non-hydrogen) atoms. The van der Waals surface area contributed by atoms with E-state index in [1.165, 1.54) is 24.3 Å². The summed E-state index contributed by atoms with van der Waals surface area (Å²) in [7, 11) is 0. The molecule has 1 aromatic carbocycles. The van der Waals surface area contributed by atoms with Crippen molar-refractivity contribution in [1.82, 2.24) is 5.32 Å². The number of halogens is 1. The van der Waals surface area contributed by atoms with Gasteiger partial charge in [-0.25, -0.2) is 9.18 Å². The molecule has 0 saturated carbocycles. The van der Waals surface area contributed by atoms with Crippen LogP contribution in [0.15, 0.2) is 33.5 Å². The summed E-state index contributed by atoms with van der Waals surface area (Å²) in [5.74, 6) is -1.13. The summed E-state index contributed by atoms with van der Waals surface area (Å²) >= 11 is 0. The van der Waals surface area contributed by atoms with Crippen LogP contribution in [0.4, 0.5) is 4.39 Å². The number of nitrogens with one attached hydrogen (secondary N) is 1. The molecule has 5 nitrogen and oxygen atoms in total. The van der Waals surface area contributed by atoms with Gasteiger partial charge in [-0.2, -0.15) is 0 Å². The van der Waals surface area contributed by atoms with Gasteiger partial charge in [0.15, 0.2) is 0 Å². The van der Waals surface area contributed by atoms with E-state index in [1.807, 2.05) is 0 Å². The van der Waals surface area contributed by atoms with Gasteiger partial charge in [-0.3, -0.25) is 4.79 Å². The van der Waals surface area contributed by atoms with Gasteiger partial charge in [-0.15, -0.1) is 0 Å². The van der Waals surface area contributed by atoms with E-state index in [9.17, 15) is 14.0 Å². The molecule has 2 N–H and O–H groups in total. The van der Waals surface area contributed by atoms with E-state index in [0.29, 0.717) is 11.8 Å². The Kier molecular flexibility index (Phi) is 4.14. The smallest absolute Gasteiger partial charge is 0.349 e. The zero-order valence-electron chi connectivity index (χ0n) is 10.9. The summed E-state index contributed by atoms with van der Waals surface area (Å²) in [6, 6.07) is 4.52. The fourth-order valence-electron chi connectivity index (χ4n) is 1.79. The minimum Gasteiger partial charge on any atom is -0.422 e. The lowest BCUT2D eigenvalue weighted by atomic mass is 10.1. The molecule has 0 saturated heterocycles. The molecule has 2 aromatic rings. The van der Waals surface area contributed by atoms with Crippen LogP contribution in [0.2, 0.25) is 0 Å². The van der Waals surface area contributed by atoms with Crippen molar-refractivity contribution in [2.75, 3.05) is 6.61 Å². The normalized spacial score (nSPS) is 12.3. The van der Waals surface area contributed by atoms with E-state index in [0.717, 1.165) is 0 Å². The standard InChI is InChI=1S/C14H14FNO4/c1-2-10(7-17)16-13(18)11-6-8-5-9(15)3-4-12(8)20-14(11)19/h3-6,10,17H,2,7H2,1H3,(H,16,18). The number of hydrogen-bond donors (Lipinski definition) is 2. The predicted molar refractivity (Wildman–Crippen MR) is 71.1 cm³/mol. The Bertz CT molecular complexity index is 691. The van der Waals surface area contributed by atoms with E-state index >= 15 is 0 Å². The Balaban J connectivity index is 2.41. The summed E-state index contributed by atoms with van der Waals surface area (Å²) < 4.78 is 18.1. The molecule has 0 fully saturated rings. The second kappa shape index (κ2) is 5.83. The Hall–Kier alpha value is -2.21. The molecule has 0 aliphatic heterocycles. The Labute approximate surface area is 114 Å². The van der Waals surface area contributed by atoms with E-state index in [-0.39, 0.29) is 17.8 Å². The second-order valence-corrected chi connectivity index (χ2v) is 4.39. The van der Waals surface area contributed by atoms with Crippen molar-refractivity contribution in [2.24, 2.45) is 0 Å². The molecule has 1 heterocycles. The van der Waals surface area contributed by atoms with E-state index in [1.54, 1.807) is 6.92 Å². The highest BCUT2D eigenvalue weighted by atomic mass is 19.1. The lowest BCUT2D eigenvalue weighted by Crippen LogP contribution is -2.38. The third kappa shape index (κ3) is 2.85. The lowest BCUT2D eigenvalue weighted by molar-refractivity contribution is 0.0911. The van der Waals surface area contributed by atoms with Crippen molar-refractivity contribution in [3.05, 3.63) is 46.1 Å². The number of hydrogen-bond acceptors (Lipinski definition) is 4. The number of fused-ring (bicyclic) bond motifs is 1. The molecule has 2 rings (SSSR count). The average Bonchev–Trinajstić information content (AvgIpc) is 2.44. The van der Waals surface area contributed by atoms with E-state index < -0.39 is 23.4 Å². The van der Waals surface area contributed by atoms with Crippen molar-refractivity contribution in [3.63, 3.8) is 0 Å². The molecule has 1 unspecified atom stereocenters. The minimum atomic E-state index is -0.797. The Morgan fingerprint density at radius 3 is 2.85 bits per heavy atom. The van der Waals surface area contributed by atoms with Crippen LogP contribution in [0.5, 0.6) is 0 Å². The number of benzene rings is 1. The molecule has 0 bridgehead atoms. The molecule has 1 atom stereocenters. The van der Waals surface area contributed by atoms with Gasteiger partial charge < -0.3 is 14.8 Å². The predicted octanol–water partition coefficient (Wildman–Crippen LogP) is 1.43. The molecule has 6 heteroatoms. The van der Waals surface area contributed by atoms with Gasteiger partial charge in [0.25, 0.3) is 5.91 Å². The maximum atomic E-state index is 13.1. The van der Waals surface area contributed by atoms with E-state index in [4.69, 9.17) is 9.52 Å². The van der Waals surface area contributed by atoms with Crippen LogP contribution in [0.1, 0.15) is 23.7 Å². The maximum Gasteiger partial charge on any atom is 0.349 e. The zero-order valence-corrected chi connectivity index (χ0v) is 10.9. The largest absolute Gasteiger partial charge is 0.422 e. The zero-order chi connectivity index (χ0) is 14.7. The van der Waals surface area contributed by atoms with Crippen LogP contribution in [0, 0.1) is 5.82 Å². The number of carbonyl (C=O) groups excluding carboxylic acids is 1. The molecule has 0 aliphatic carbocycles. The quantitative estimate of drug-likeness (QED) is 0.830. The van der Waals surface area contributed by atoms with Gasteiger partial charge in [0.1, 0.15) is 17.0 Å². The number of aliphatic hydroxyl groups is 1. The van der Waals surface area contributed by atoms with Gasteiger partial charge in [-0.1, -0.05) is 6.92 Å². The first-order valence-electron chi connectivity index (χ1n) is 6.20. The third-order valence-corrected chi connectivity index (χ3v) is 2.99. The van der Waals surface area contributed by atoms with Gasteiger partial charge in [0, 0.05) is 5.39 Å². The topological polar surface area (TPSA) is 79.5 Å². The van der Waals surface area contributed by atoms with Crippen molar-refractivity contribution in [3.8, 4) is 0 Å². The van der Waals surface area contributed by atoms with Crippen LogP contribution >= 0.6 is 0 Å². The van der Waals surface area contributed by atoms with Gasteiger partial charge in [0.05, 0.1) is 12.6 Å². The first-order chi connectivity index (χ1) is 9.55. The molecular formula is C14H14FNO4. The fraction of sp³-hybridized carbons (Fsp3) is 0.286. The SMILES string of the molecule is CCC(CO)NC(=O)c1cc2cc(F)ccc2oc1=O. The number of amides is 1. The van der Waals surface area contributed by atoms with Crippen molar-refractivity contribution in [2.45, 2.75) is 19.4 Å². The fourth-order valence-corrected chi connectivity index (χ4v) is 1.79. The molecule has 0 radical (unpaired) electrons. The third-order valence-electron chi connectivity index (χ3n) is 2.99. The molecule has 106 valence electrons. The first kappa shape index (κ1) is 14.2. The van der Waals surface area contributed by atoms with Crippen LogP contribution in [0.3, 0.4) is 0 Å². The summed E-state index contributed by atoms with van der Waals surface area (Å²) in [4.78, 5) is 23.7. The van der Waals surface area contributed by atoms with Gasteiger partial charge in [0.2, 0.25) is 0 Å². The van der Waals surface area contributed by atoms with Crippen LogP contribution in [-0.2, 0) is 0 Å². The van der Waals surface area contributed by atoms with Gasteiger partial charge in [-0.05, 0) is 30.7 Å². The van der Waals surface area contributed by atoms with Crippen LogP contribution < -0.4 is 10.9 Å². The monoisotopic (exact) mass is 279 g/mol. The summed E-state index contributed by atoms with van der Waals surface area (Å²) in [5.41, 5.74) is -0.799. The highest BCUT2D eigenvalue weighted by molar-refractivity contribution is 5.96. The number of carbonyl (C=O) groups is 1. The summed E-state index contributed by atoms with van der Waals surface area (Å²) in [6.07, 6.45) is 0.524. The van der Waals surface area contributed by atoms with Crippen LogP contribution in [-0.4, -0.2) is 23.7 Å². The maximum absolute atomic E-state index is 13.1. The second-order valence-electron chi connectivity index (χ2n) is 4.39. The average molecular weight is 279 g/mol. The number of rotatable bonds is 4. The molecule has 0 aliphatic rings. The number of aliphatic hydroxyl groups excluding tert-OH is 1. The lowest BCUT2D eigenvalue weighted by Gasteiger charge is -2.13. The molecule has 0 spiro atoms. The molecule has 1 aromatic heterocycles. The van der Waals surface area contributed by atoms with Crippen molar-refractivity contribution >= 4 is 16.9 Å². The van der Waals surface area contributed by atoms with Crippen molar-refractivity contribution in [1.29, 1.82) is 0 Å². The highest BCUT2D eigenvalue weighted by Gasteiger charge is 2.16. The Morgan fingerprint density at radius 1 is 1.45 bits per heavy atom. The minimum absolute atomic E-state index is 0.210. The van der Waals surface area contributed by atoms with Crippen LogP contribution in [0.25, 0.3) is 11.0 Å². The molecular weight excluding hydrogens is 265 g/mol. The molecule has 1 amide bonds. The van der Waals surface area contributed by atoms with Gasteiger partial charge >= 0.3 is 5.63 Å². The summed E-state index contributed by atoms with van der Waals surface area (Å²) in [5, 5.41) is 11.9. The summed E-state index contributed by atoms with van der Waals surface area (Å²) in [6.45, 7) is 1.56.